The van der Waals surface area contributed by atoms with Gasteiger partial charge in [0.1, 0.15) is 5.75 Å². The van der Waals surface area contributed by atoms with Crippen molar-refractivity contribution in [3.63, 3.8) is 0 Å². The van der Waals surface area contributed by atoms with E-state index in [9.17, 15) is 14.7 Å². The third-order valence-electron chi connectivity index (χ3n) is 4.23. The maximum Gasteiger partial charge on any atom is 0.308 e. The van der Waals surface area contributed by atoms with E-state index in [2.05, 4.69) is 0 Å². The van der Waals surface area contributed by atoms with E-state index in [1.54, 1.807) is 4.90 Å². The van der Waals surface area contributed by atoms with Crippen LogP contribution in [-0.4, -0.2) is 40.6 Å². The molecule has 1 N–H and O–H groups in total. The van der Waals surface area contributed by atoms with Crippen molar-refractivity contribution in [2.45, 2.75) is 52.2 Å². The molecule has 0 aromatic heterocycles. The first-order chi connectivity index (χ1) is 10.9. The summed E-state index contributed by atoms with van der Waals surface area (Å²) in [5.41, 5.74) is 0.843. The van der Waals surface area contributed by atoms with E-state index >= 15 is 0 Å². The molecule has 126 valence electrons. The molecule has 5 heteroatoms. The van der Waals surface area contributed by atoms with Gasteiger partial charge in [0, 0.05) is 18.2 Å². The monoisotopic (exact) mass is 319 g/mol. The Morgan fingerprint density at radius 2 is 2.00 bits per heavy atom. The van der Waals surface area contributed by atoms with E-state index in [1.807, 2.05) is 45.0 Å². The van der Waals surface area contributed by atoms with Gasteiger partial charge in [0.25, 0.3) is 0 Å². The quantitative estimate of drug-likeness (QED) is 0.906. The Morgan fingerprint density at radius 3 is 2.65 bits per heavy atom. The molecular formula is C18H25NO4. The summed E-state index contributed by atoms with van der Waals surface area (Å²) in [6.07, 6.45) is 1.64. The second-order valence-corrected chi connectivity index (χ2v) is 6.46. The number of hydrogen-bond donors (Lipinski definition) is 1. The predicted molar refractivity (Wildman–Crippen MR) is 87.4 cm³/mol. The van der Waals surface area contributed by atoms with Crippen molar-refractivity contribution >= 4 is 11.9 Å². The Bertz CT molecular complexity index is 570. The van der Waals surface area contributed by atoms with Crippen LogP contribution in [-0.2, 0) is 16.0 Å². The Morgan fingerprint density at radius 1 is 1.30 bits per heavy atom. The van der Waals surface area contributed by atoms with Crippen LogP contribution in [0.5, 0.6) is 5.75 Å². The molecule has 0 bridgehead atoms. The highest BCUT2D eigenvalue weighted by Gasteiger charge is 2.32. The molecule has 0 aliphatic carbocycles. The van der Waals surface area contributed by atoms with Gasteiger partial charge in [0.2, 0.25) is 5.91 Å². The molecule has 1 aliphatic heterocycles. The van der Waals surface area contributed by atoms with Crippen molar-refractivity contribution in [3.8, 4) is 5.75 Å². The van der Waals surface area contributed by atoms with Gasteiger partial charge in [-0.05, 0) is 39.7 Å². The first-order valence-electron chi connectivity index (χ1n) is 8.15. The van der Waals surface area contributed by atoms with Crippen LogP contribution in [0.1, 0.15) is 39.2 Å². The second-order valence-electron chi connectivity index (χ2n) is 6.46. The number of piperidine rings is 1. The molecule has 1 fully saturated rings. The predicted octanol–water partition coefficient (Wildman–Crippen LogP) is 2.73. The van der Waals surface area contributed by atoms with E-state index < -0.39 is 11.9 Å². The van der Waals surface area contributed by atoms with E-state index in [0.29, 0.717) is 13.0 Å². The summed E-state index contributed by atoms with van der Waals surface area (Å²) < 4.78 is 5.75. The first kappa shape index (κ1) is 17.3. The van der Waals surface area contributed by atoms with Gasteiger partial charge in [0.05, 0.1) is 18.4 Å². The largest absolute Gasteiger partial charge is 0.491 e. The minimum Gasteiger partial charge on any atom is -0.491 e. The Hall–Kier alpha value is -2.04. The minimum atomic E-state index is -0.821. The Kier molecular flexibility index (Phi) is 5.64. The van der Waals surface area contributed by atoms with Crippen LogP contribution in [0.3, 0.4) is 0 Å². The van der Waals surface area contributed by atoms with Gasteiger partial charge in [-0.25, -0.2) is 0 Å². The number of ether oxygens (including phenoxy) is 1. The van der Waals surface area contributed by atoms with Crippen LogP contribution in [0.4, 0.5) is 0 Å². The van der Waals surface area contributed by atoms with Crippen molar-refractivity contribution < 1.29 is 19.4 Å². The summed E-state index contributed by atoms with van der Waals surface area (Å²) in [4.78, 5) is 25.6. The van der Waals surface area contributed by atoms with Gasteiger partial charge < -0.3 is 14.7 Å². The molecule has 1 amide bonds. The number of carboxylic acids is 1. The van der Waals surface area contributed by atoms with Crippen molar-refractivity contribution in [2.75, 3.05) is 6.54 Å². The fourth-order valence-electron chi connectivity index (χ4n) is 2.94. The van der Waals surface area contributed by atoms with E-state index in [4.69, 9.17) is 4.74 Å². The summed E-state index contributed by atoms with van der Waals surface area (Å²) in [6, 6.07) is 7.60. The standard InChI is InChI=1S/C18H25NO4/c1-12(2)23-16-7-5-4-6-14(16)10-17(20)19-11-15(18(21)22)9-8-13(19)3/h4-7,12-13,15H,8-11H2,1-3H3,(H,21,22). The molecule has 2 unspecified atom stereocenters. The third-order valence-corrected chi connectivity index (χ3v) is 4.23. The lowest BCUT2D eigenvalue weighted by molar-refractivity contribution is -0.147. The van der Waals surface area contributed by atoms with E-state index in [-0.39, 0.29) is 24.5 Å². The van der Waals surface area contributed by atoms with Gasteiger partial charge in [0.15, 0.2) is 0 Å². The molecule has 2 rings (SSSR count). The summed E-state index contributed by atoms with van der Waals surface area (Å²) in [7, 11) is 0. The molecule has 1 saturated heterocycles. The lowest BCUT2D eigenvalue weighted by atomic mass is 9.93. The Balaban J connectivity index is 2.10. The number of carbonyl (C=O) groups excluding carboxylic acids is 1. The lowest BCUT2D eigenvalue weighted by Crippen LogP contribution is -2.47. The fraction of sp³-hybridized carbons (Fsp3) is 0.556. The van der Waals surface area contributed by atoms with Crippen LogP contribution < -0.4 is 4.74 Å². The molecule has 23 heavy (non-hydrogen) atoms. The van der Waals surface area contributed by atoms with Gasteiger partial charge in [-0.1, -0.05) is 18.2 Å². The van der Waals surface area contributed by atoms with Gasteiger partial charge in [-0.3, -0.25) is 9.59 Å². The number of hydrogen-bond acceptors (Lipinski definition) is 3. The third kappa shape index (κ3) is 4.47. The zero-order valence-electron chi connectivity index (χ0n) is 14.0. The van der Waals surface area contributed by atoms with Crippen molar-refractivity contribution in [1.82, 2.24) is 4.90 Å². The molecule has 0 saturated carbocycles. The highest BCUT2D eigenvalue weighted by atomic mass is 16.5. The highest BCUT2D eigenvalue weighted by Crippen LogP contribution is 2.25. The summed E-state index contributed by atoms with van der Waals surface area (Å²) in [6.45, 7) is 6.17. The first-order valence-corrected chi connectivity index (χ1v) is 8.15. The SMILES string of the molecule is CC(C)Oc1ccccc1CC(=O)N1CC(C(=O)O)CCC1C. The molecule has 1 heterocycles. The van der Waals surface area contributed by atoms with Crippen molar-refractivity contribution in [3.05, 3.63) is 29.8 Å². The molecule has 1 aromatic rings. The number of benzene rings is 1. The number of carboxylic acid groups (broad SMARTS) is 1. The van der Waals surface area contributed by atoms with Gasteiger partial charge >= 0.3 is 5.97 Å². The normalized spacial score (nSPS) is 21.3. The molecular weight excluding hydrogens is 294 g/mol. The van der Waals surface area contributed by atoms with E-state index in [0.717, 1.165) is 17.7 Å². The highest BCUT2D eigenvalue weighted by molar-refractivity contribution is 5.81. The maximum absolute atomic E-state index is 12.7. The summed E-state index contributed by atoms with van der Waals surface area (Å²) in [5.74, 6) is -0.603. The fourth-order valence-corrected chi connectivity index (χ4v) is 2.94. The number of para-hydroxylation sites is 1. The number of carbonyl (C=O) groups is 2. The molecule has 0 spiro atoms. The number of amides is 1. The molecule has 0 radical (unpaired) electrons. The van der Waals surface area contributed by atoms with E-state index in [1.165, 1.54) is 0 Å². The van der Waals surface area contributed by atoms with Crippen LogP contribution in [0, 0.1) is 5.92 Å². The van der Waals surface area contributed by atoms with Gasteiger partial charge in [-0.15, -0.1) is 0 Å². The second kappa shape index (κ2) is 7.49. The smallest absolute Gasteiger partial charge is 0.308 e. The summed E-state index contributed by atoms with van der Waals surface area (Å²) in [5, 5.41) is 9.20. The zero-order valence-corrected chi connectivity index (χ0v) is 14.0. The number of nitrogens with zero attached hydrogens (tertiary/aromatic N) is 1. The zero-order chi connectivity index (χ0) is 17.0. The Labute approximate surface area is 137 Å². The molecule has 5 nitrogen and oxygen atoms in total. The average molecular weight is 319 g/mol. The molecule has 1 aromatic carbocycles. The van der Waals surface area contributed by atoms with Gasteiger partial charge in [-0.2, -0.15) is 0 Å². The number of aliphatic carboxylic acids is 1. The molecule has 1 aliphatic rings. The minimum absolute atomic E-state index is 0.0385. The van der Waals surface area contributed by atoms with Crippen LogP contribution >= 0.6 is 0 Å². The van der Waals surface area contributed by atoms with Crippen molar-refractivity contribution in [2.24, 2.45) is 5.92 Å². The van der Waals surface area contributed by atoms with Crippen LogP contribution in [0.15, 0.2) is 24.3 Å². The molecule has 2 atom stereocenters. The average Bonchev–Trinajstić information content (AvgIpc) is 2.48. The topological polar surface area (TPSA) is 66.8 Å². The lowest BCUT2D eigenvalue weighted by Gasteiger charge is -2.36. The van der Waals surface area contributed by atoms with Crippen LogP contribution in [0.2, 0.25) is 0 Å². The van der Waals surface area contributed by atoms with Crippen LogP contribution in [0.25, 0.3) is 0 Å². The van der Waals surface area contributed by atoms with Crippen molar-refractivity contribution in [1.29, 1.82) is 0 Å². The maximum atomic E-state index is 12.7. The number of likely N-dealkylation sites (tertiary alicyclic amines) is 1. The number of rotatable bonds is 5. The summed E-state index contributed by atoms with van der Waals surface area (Å²) >= 11 is 0.